The number of nitrogens with zero attached hydrogens (tertiary/aromatic N) is 1. The molecule has 1 unspecified atom stereocenters. The van der Waals surface area contributed by atoms with E-state index in [1.54, 1.807) is 0 Å². The lowest BCUT2D eigenvalue weighted by molar-refractivity contribution is 0.0961. The fraction of sp³-hybridized carbons (Fsp3) is 0.556. The van der Waals surface area contributed by atoms with E-state index in [4.69, 9.17) is 0 Å². The maximum Gasteiger partial charge on any atom is 0.145 e. The number of hydrogen-bond acceptors (Lipinski definition) is 2. The monoisotopic (exact) mass is 153 g/mol. The SMILES string of the molecule is CCCC1=CN(C)C(O)C=C1. The van der Waals surface area contributed by atoms with E-state index < -0.39 is 6.23 Å². The highest BCUT2D eigenvalue weighted by molar-refractivity contribution is 5.22. The van der Waals surface area contributed by atoms with E-state index in [1.165, 1.54) is 5.57 Å². The molecule has 0 aromatic carbocycles. The second kappa shape index (κ2) is 3.58. The molecule has 0 fully saturated rings. The largest absolute Gasteiger partial charge is 0.370 e. The molecule has 0 saturated heterocycles. The van der Waals surface area contributed by atoms with Crippen molar-refractivity contribution >= 4 is 0 Å². The Morgan fingerprint density at radius 3 is 2.91 bits per heavy atom. The molecule has 0 aromatic rings. The summed E-state index contributed by atoms with van der Waals surface area (Å²) < 4.78 is 0. The maximum absolute atomic E-state index is 9.26. The quantitative estimate of drug-likeness (QED) is 0.649. The number of hydrogen-bond donors (Lipinski definition) is 1. The predicted octanol–water partition coefficient (Wildman–Crippen LogP) is 1.49. The second-order valence-corrected chi connectivity index (χ2v) is 2.89. The van der Waals surface area contributed by atoms with Crippen LogP contribution in [-0.4, -0.2) is 23.3 Å². The van der Waals surface area contributed by atoms with E-state index in [0.29, 0.717) is 0 Å². The highest BCUT2D eigenvalue weighted by Gasteiger charge is 2.08. The predicted molar refractivity (Wildman–Crippen MR) is 45.9 cm³/mol. The van der Waals surface area contributed by atoms with Crippen LogP contribution in [0.5, 0.6) is 0 Å². The molecule has 0 aromatic heterocycles. The van der Waals surface area contributed by atoms with Gasteiger partial charge in [0.15, 0.2) is 0 Å². The van der Waals surface area contributed by atoms with Crippen LogP contribution in [-0.2, 0) is 0 Å². The lowest BCUT2D eigenvalue weighted by Gasteiger charge is -2.23. The molecule has 62 valence electrons. The molecule has 1 aliphatic heterocycles. The van der Waals surface area contributed by atoms with Crippen LogP contribution in [0.2, 0.25) is 0 Å². The van der Waals surface area contributed by atoms with Crippen molar-refractivity contribution in [1.82, 2.24) is 4.90 Å². The van der Waals surface area contributed by atoms with E-state index in [9.17, 15) is 5.11 Å². The van der Waals surface area contributed by atoms with E-state index in [2.05, 4.69) is 6.92 Å². The minimum absolute atomic E-state index is 0.435. The van der Waals surface area contributed by atoms with Crippen LogP contribution >= 0.6 is 0 Å². The summed E-state index contributed by atoms with van der Waals surface area (Å²) in [5.41, 5.74) is 1.29. The number of likely N-dealkylation sites (N-methyl/N-ethyl adjacent to an activating group) is 1. The molecule has 11 heavy (non-hydrogen) atoms. The molecule has 0 amide bonds. The van der Waals surface area contributed by atoms with Crippen LogP contribution in [0.1, 0.15) is 19.8 Å². The van der Waals surface area contributed by atoms with E-state index in [-0.39, 0.29) is 0 Å². The fourth-order valence-electron chi connectivity index (χ4n) is 1.16. The Kier molecular flexibility index (Phi) is 2.71. The Morgan fingerprint density at radius 1 is 1.64 bits per heavy atom. The summed E-state index contributed by atoms with van der Waals surface area (Å²) in [7, 11) is 1.88. The van der Waals surface area contributed by atoms with Gasteiger partial charge in [0.2, 0.25) is 0 Å². The van der Waals surface area contributed by atoms with E-state index >= 15 is 0 Å². The smallest absolute Gasteiger partial charge is 0.145 e. The van der Waals surface area contributed by atoms with Crippen molar-refractivity contribution in [2.24, 2.45) is 0 Å². The summed E-state index contributed by atoms with van der Waals surface area (Å²) in [6.45, 7) is 2.15. The van der Waals surface area contributed by atoms with Crippen molar-refractivity contribution < 1.29 is 5.11 Å². The molecule has 1 aliphatic rings. The van der Waals surface area contributed by atoms with Gasteiger partial charge in [0, 0.05) is 13.2 Å². The Bertz CT molecular complexity index is 184. The lowest BCUT2D eigenvalue weighted by atomic mass is 10.1. The average Bonchev–Trinajstić information content (AvgIpc) is 1.98. The Labute approximate surface area is 67.8 Å². The fourth-order valence-corrected chi connectivity index (χ4v) is 1.16. The molecule has 2 nitrogen and oxygen atoms in total. The highest BCUT2D eigenvalue weighted by Crippen LogP contribution is 2.14. The molecule has 0 radical (unpaired) electrons. The Balaban J connectivity index is 2.57. The van der Waals surface area contributed by atoms with Crippen LogP contribution in [0, 0.1) is 0 Å². The molecule has 1 atom stereocenters. The van der Waals surface area contributed by atoms with Crippen LogP contribution < -0.4 is 0 Å². The molecule has 0 saturated carbocycles. The first-order valence-corrected chi connectivity index (χ1v) is 4.03. The molecule has 2 heteroatoms. The van der Waals surface area contributed by atoms with Gasteiger partial charge in [0.25, 0.3) is 0 Å². The Morgan fingerprint density at radius 2 is 2.36 bits per heavy atom. The molecular weight excluding hydrogens is 138 g/mol. The zero-order chi connectivity index (χ0) is 8.27. The van der Waals surface area contributed by atoms with Gasteiger partial charge in [-0.3, -0.25) is 0 Å². The van der Waals surface area contributed by atoms with Crippen molar-refractivity contribution in [2.45, 2.75) is 26.0 Å². The summed E-state index contributed by atoms with van der Waals surface area (Å²) in [6.07, 6.45) is 7.61. The first-order chi connectivity index (χ1) is 5.24. The number of rotatable bonds is 2. The molecule has 1 heterocycles. The molecule has 0 bridgehead atoms. The zero-order valence-corrected chi connectivity index (χ0v) is 7.12. The standard InChI is InChI=1S/C9H15NO/c1-3-4-8-5-6-9(11)10(2)7-8/h5-7,9,11H,3-4H2,1-2H3. The van der Waals surface area contributed by atoms with Gasteiger partial charge in [-0.05, 0) is 18.1 Å². The zero-order valence-electron chi connectivity index (χ0n) is 7.12. The van der Waals surface area contributed by atoms with Crippen molar-refractivity contribution in [1.29, 1.82) is 0 Å². The van der Waals surface area contributed by atoms with Crippen molar-refractivity contribution in [2.75, 3.05) is 7.05 Å². The molecule has 1 N–H and O–H groups in total. The van der Waals surface area contributed by atoms with E-state index in [0.717, 1.165) is 12.8 Å². The van der Waals surface area contributed by atoms with Gasteiger partial charge in [-0.15, -0.1) is 0 Å². The van der Waals surface area contributed by atoms with Crippen LogP contribution in [0.4, 0.5) is 0 Å². The van der Waals surface area contributed by atoms with Crippen molar-refractivity contribution in [3.05, 3.63) is 23.9 Å². The summed E-state index contributed by atoms with van der Waals surface area (Å²) in [5.74, 6) is 0. The van der Waals surface area contributed by atoms with Crippen molar-refractivity contribution in [3.8, 4) is 0 Å². The van der Waals surface area contributed by atoms with Gasteiger partial charge in [-0.1, -0.05) is 19.4 Å². The molecule has 0 spiro atoms. The molecule has 0 aliphatic carbocycles. The van der Waals surface area contributed by atoms with Crippen LogP contribution in [0.15, 0.2) is 23.9 Å². The summed E-state index contributed by atoms with van der Waals surface area (Å²) in [5, 5.41) is 9.26. The number of allylic oxidation sites excluding steroid dienone is 2. The number of aliphatic hydroxyl groups excluding tert-OH is 1. The topological polar surface area (TPSA) is 23.5 Å². The van der Waals surface area contributed by atoms with Gasteiger partial charge in [0.1, 0.15) is 6.23 Å². The first-order valence-electron chi connectivity index (χ1n) is 4.03. The van der Waals surface area contributed by atoms with Gasteiger partial charge in [0.05, 0.1) is 0 Å². The van der Waals surface area contributed by atoms with Crippen LogP contribution in [0.3, 0.4) is 0 Å². The van der Waals surface area contributed by atoms with Gasteiger partial charge in [-0.25, -0.2) is 0 Å². The highest BCUT2D eigenvalue weighted by atomic mass is 16.3. The average molecular weight is 153 g/mol. The lowest BCUT2D eigenvalue weighted by Crippen LogP contribution is -2.26. The summed E-state index contributed by atoms with van der Waals surface area (Å²) in [6, 6.07) is 0. The van der Waals surface area contributed by atoms with Crippen molar-refractivity contribution in [3.63, 3.8) is 0 Å². The van der Waals surface area contributed by atoms with Crippen LogP contribution in [0.25, 0.3) is 0 Å². The van der Waals surface area contributed by atoms with Gasteiger partial charge < -0.3 is 10.0 Å². The third-order valence-electron chi connectivity index (χ3n) is 1.81. The minimum Gasteiger partial charge on any atom is -0.370 e. The Hall–Kier alpha value is -0.760. The molecule has 1 rings (SSSR count). The number of aliphatic hydroxyl groups is 1. The van der Waals surface area contributed by atoms with Gasteiger partial charge >= 0.3 is 0 Å². The first kappa shape index (κ1) is 8.34. The second-order valence-electron chi connectivity index (χ2n) is 2.89. The minimum atomic E-state index is -0.435. The maximum atomic E-state index is 9.26. The summed E-state index contributed by atoms with van der Waals surface area (Å²) in [4.78, 5) is 1.81. The summed E-state index contributed by atoms with van der Waals surface area (Å²) >= 11 is 0. The third kappa shape index (κ3) is 2.09. The van der Waals surface area contributed by atoms with E-state index in [1.807, 2.05) is 30.3 Å². The van der Waals surface area contributed by atoms with Gasteiger partial charge in [-0.2, -0.15) is 0 Å². The third-order valence-corrected chi connectivity index (χ3v) is 1.81. The molecular formula is C9H15NO. The normalized spacial score (nSPS) is 23.7.